The number of hydrogen-bond donors (Lipinski definition) is 1. The summed E-state index contributed by atoms with van der Waals surface area (Å²) in [6.07, 6.45) is 2.26. The van der Waals surface area contributed by atoms with Crippen molar-refractivity contribution >= 4 is 17.5 Å². The number of hydrogen-bond acceptors (Lipinski definition) is 3. The summed E-state index contributed by atoms with van der Waals surface area (Å²) in [5.41, 5.74) is 2.02. The third kappa shape index (κ3) is 2.71. The van der Waals surface area contributed by atoms with E-state index < -0.39 is 10.8 Å². The summed E-state index contributed by atoms with van der Waals surface area (Å²) in [4.78, 5) is 28.7. The van der Waals surface area contributed by atoms with E-state index in [1.165, 1.54) is 5.56 Å². The van der Waals surface area contributed by atoms with Crippen LogP contribution >= 0.6 is 0 Å². The molecule has 1 spiro atoms. The molecular weight excluding hydrogens is 364 g/mol. The lowest BCUT2D eigenvalue weighted by atomic mass is 9.73. The number of nitrogens with one attached hydrogen (secondary N) is 1. The number of likely N-dealkylation sites (tertiary alicyclic amines) is 1. The van der Waals surface area contributed by atoms with Crippen LogP contribution in [-0.2, 0) is 26.2 Å². The van der Waals surface area contributed by atoms with Crippen LogP contribution in [0.3, 0.4) is 0 Å². The molecule has 0 radical (unpaired) electrons. The number of nitrogens with zero attached hydrogens (tertiary/aromatic N) is 1. The topological polar surface area (TPSA) is 58.6 Å². The third-order valence-electron chi connectivity index (χ3n) is 6.92. The molecule has 3 aliphatic heterocycles. The van der Waals surface area contributed by atoms with Gasteiger partial charge in [0, 0.05) is 12.2 Å². The zero-order chi connectivity index (χ0) is 20.1. The number of anilines is 1. The Morgan fingerprint density at radius 2 is 1.86 bits per heavy atom. The van der Waals surface area contributed by atoms with Crippen molar-refractivity contribution in [2.24, 2.45) is 5.41 Å². The van der Waals surface area contributed by atoms with Crippen molar-refractivity contribution in [1.82, 2.24) is 4.90 Å². The van der Waals surface area contributed by atoms with E-state index >= 15 is 0 Å². The Kier molecular flexibility index (Phi) is 4.24. The fourth-order valence-corrected chi connectivity index (χ4v) is 5.27. The molecule has 3 heterocycles. The average molecular weight is 390 g/mol. The molecule has 3 aliphatic rings. The van der Waals surface area contributed by atoms with Crippen LogP contribution in [0.4, 0.5) is 5.69 Å². The Morgan fingerprint density at radius 1 is 1.14 bits per heavy atom. The van der Waals surface area contributed by atoms with Gasteiger partial charge in [0.2, 0.25) is 11.8 Å². The third-order valence-corrected chi connectivity index (χ3v) is 6.92. The second-order valence-electron chi connectivity index (χ2n) is 8.81. The van der Waals surface area contributed by atoms with E-state index in [1.54, 1.807) is 0 Å². The number of aryl methyl sites for hydroxylation is 1. The largest absolute Gasteiger partial charge is 0.379 e. The molecule has 0 aromatic heterocycles. The quantitative estimate of drug-likeness (QED) is 0.873. The molecule has 2 amide bonds. The molecule has 2 aromatic rings. The van der Waals surface area contributed by atoms with Crippen LogP contribution in [-0.4, -0.2) is 42.5 Å². The lowest BCUT2D eigenvalue weighted by molar-refractivity contribution is -0.170. The van der Waals surface area contributed by atoms with Crippen LogP contribution in [0.1, 0.15) is 30.9 Å². The number of para-hydroxylation sites is 1. The van der Waals surface area contributed by atoms with E-state index in [4.69, 9.17) is 4.74 Å². The molecule has 2 aromatic carbocycles. The first-order valence-electron chi connectivity index (χ1n) is 10.4. The van der Waals surface area contributed by atoms with Gasteiger partial charge in [0.05, 0.1) is 30.1 Å². The van der Waals surface area contributed by atoms with Gasteiger partial charge in [-0.05, 0) is 43.4 Å². The summed E-state index contributed by atoms with van der Waals surface area (Å²) in [5.74, 6) is 0.151. The minimum Gasteiger partial charge on any atom is -0.379 e. The molecule has 5 nitrogen and oxygen atoms in total. The van der Waals surface area contributed by atoms with Gasteiger partial charge in [0.15, 0.2) is 0 Å². The molecule has 2 saturated heterocycles. The average Bonchev–Trinajstić information content (AvgIpc) is 3.24. The van der Waals surface area contributed by atoms with Crippen LogP contribution in [0, 0.1) is 5.41 Å². The van der Waals surface area contributed by atoms with Gasteiger partial charge < -0.3 is 15.0 Å². The SMILES string of the molecule is CC1(C(=O)N2CC[C@@]3(C(=O)Nc4ccccc43)[C@@H]2CCc2ccccc2)COC1. The number of carbonyl (C=O) groups is 2. The Morgan fingerprint density at radius 3 is 2.59 bits per heavy atom. The maximum absolute atomic E-state index is 13.4. The zero-order valence-electron chi connectivity index (χ0n) is 16.7. The standard InChI is InChI=1S/C24H26N2O3/c1-23(15-29-16-23)22(28)26-14-13-24(18-9-5-6-10-19(18)25-21(24)27)20(26)12-11-17-7-3-2-4-8-17/h2-10,20H,11-16H2,1H3,(H,25,27)/t20-,24-/m0/s1. The van der Waals surface area contributed by atoms with Crippen molar-refractivity contribution in [3.05, 3.63) is 65.7 Å². The van der Waals surface area contributed by atoms with E-state index in [0.29, 0.717) is 26.2 Å². The Balaban J connectivity index is 1.52. The van der Waals surface area contributed by atoms with Gasteiger partial charge >= 0.3 is 0 Å². The highest BCUT2D eigenvalue weighted by Crippen LogP contribution is 2.50. The lowest BCUT2D eigenvalue weighted by Crippen LogP contribution is -2.57. The number of rotatable bonds is 4. The number of benzene rings is 2. The van der Waals surface area contributed by atoms with Gasteiger partial charge in [0.25, 0.3) is 0 Å². The Hall–Kier alpha value is -2.66. The van der Waals surface area contributed by atoms with Gasteiger partial charge in [-0.2, -0.15) is 0 Å². The maximum atomic E-state index is 13.4. The first-order valence-corrected chi connectivity index (χ1v) is 10.4. The van der Waals surface area contributed by atoms with Gasteiger partial charge in [-0.1, -0.05) is 48.5 Å². The Labute approximate surface area is 171 Å². The minimum atomic E-state index is -0.665. The molecule has 29 heavy (non-hydrogen) atoms. The number of ether oxygens (including phenoxy) is 1. The summed E-state index contributed by atoms with van der Waals surface area (Å²) >= 11 is 0. The molecule has 0 unspecified atom stereocenters. The summed E-state index contributed by atoms with van der Waals surface area (Å²) < 4.78 is 5.35. The molecule has 0 saturated carbocycles. The van der Waals surface area contributed by atoms with E-state index in [-0.39, 0.29) is 17.9 Å². The van der Waals surface area contributed by atoms with Crippen molar-refractivity contribution < 1.29 is 14.3 Å². The number of amides is 2. The molecule has 5 rings (SSSR count). The highest BCUT2D eigenvalue weighted by Gasteiger charge is 2.60. The number of carbonyl (C=O) groups excluding carboxylic acids is 2. The van der Waals surface area contributed by atoms with Crippen molar-refractivity contribution in [1.29, 1.82) is 0 Å². The monoisotopic (exact) mass is 390 g/mol. The minimum absolute atomic E-state index is 0.0297. The van der Waals surface area contributed by atoms with Crippen LogP contribution < -0.4 is 5.32 Å². The summed E-state index contributed by atoms with van der Waals surface area (Å²) in [6, 6.07) is 18.1. The molecule has 2 fully saturated rings. The van der Waals surface area contributed by atoms with Crippen molar-refractivity contribution in [3.63, 3.8) is 0 Å². The van der Waals surface area contributed by atoms with Crippen LogP contribution in [0.5, 0.6) is 0 Å². The van der Waals surface area contributed by atoms with Gasteiger partial charge in [-0.15, -0.1) is 0 Å². The normalized spacial score (nSPS) is 26.9. The molecule has 150 valence electrons. The predicted molar refractivity (Wildman–Crippen MR) is 111 cm³/mol. The van der Waals surface area contributed by atoms with Gasteiger partial charge in [0.1, 0.15) is 0 Å². The summed E-state index contributed by atoms with van der Waals surface area (Å²) in [5, 5.41) is 3.08. The lowest BCUT2D eigenvalue weighted by Gasteiger charge is -2.42. The highest BCUT2D eigenvalue weighted by molar-refractivity contribution is 6.07. The maximum Gasteiger partial charge on any atom is 0.237 e. The van der Waals surface area contributed by atoms with E-state index in [9.17, 15) is 9.59 Å². The molecule has 1 N–H and O–H groups in total. The van der Waals surface area contributed by atoms with Crippen LogP contribution in [0.2, 0.25) is 0 Å². The summed E-state index contributed by atoms with van der Waals surface area (Å²) in [6.45, 7) is 3.50. The molecule has 2 atom stereocenters. The van der Waals surface area contributed by atoms with Gasteiger partial charge in [-0.25, -0.2) is 0 Å². The van der Waals surface area contributed by atoms with Crippen LogP contribution in [0.25, 0.3) is 0 Å². The fourth-order valence-electron chi connectivity index (χ4n) is 5.27. The van der Waals surface area contributed by atoms with Crippen molar-refractivity contribution in [2.75, 3.05) is 25.1 Å². The molecule has 0 bridgehead atoms. The Bertz CT molecular complexity index is 954. The van der Waals surface area contributed by atoms with Gasteiger partial charge in [-0.3, -0.25) is 9.59 Å². The van der Waals surface area contributed by atoms with Crippen molar-refractivity contribution in [3.8, 4) is 0 Å². The smallest absolute Gasteiger partial charge is 0.237 e. The second-order valence-corrected chi connectivity index (χ2v) is 8.81. The zero-order valence-corrected chi connectivity index (χ0v) is 16.7. The fraction of sp³-hybridized carbons (Fsp3) is 0.417. The molecule has 5 heteroatoms. The second kappa shape index (κ2) is 6.70. The van der Waals surface area contributed by atoms with E-state index in [0.717, 1.165) is 24.1 Å². The molecular formula is C24H26N2O3. The predicted octanol–water partition coefficient (Wildman–Crippen LogP) is 3.15. The molecule has 0 aliphatic carbocycles. The summed E-state index contributed by atoms with van der Waals surface area (Å²) in [7, 11) is 0. The van der Waals surface area contributed by atoms with E-state index in [1.807, 2.05) is 54.3 Å². The highest BCUT2D eigenvalue weighted by atomic mass is 16.5. The first kappa shape index (κ1) is 18.4. The number of fused-ring (bicyclic) bond motifs is 2. The van der Waals surface area contributed by atoms with E-state index in [2.05, 4.69) is 17.4 Å². The van der Waals surface area contributed by atoms with Crippen molar-refractivity contribution in [2.45, 2.75) is 37.6 Å². The first-order chi connectivity index (χ1) is 14.0. The van der Waals surface area contributed by atoms with Crippen LogP contribution in [0.15, 0.2) is 54.6 Å².